The van der Waals surface area contributed by atoms with Crippen LogP contribution in [0.2, 0.25) is 0 Å². The number of hydrogen-bond acceptors (Lipinski definition) is 6. The summed E-state index contributed by atoms with van der Waals surface area (Å²) in [6.07, 6.45) is 11.4. The fourth-order valence-electron chi connectivity index (χ4n) is 5.20. The molecule has 1 saturated heterocycles. The number of amides is 4. The second kappa shape index (κ2) is 10.7. The normalized spacial score (nSPS) is 21.9. The van der Waals surface area contributed by atoms with Crippen molar-refractivity contribution >= 4 is 29.3 Å². The van der Waals surface area contributed by atoms with E-state index in [1.54, 1.807) is 18.2 Å². The number of nitrogens with one attached hydrogen (secondary N) is 3. The number of piperidine rings is 1. The van der Waals surface area contributed by atoms with Gasteiger partial charge < -0.3 is 10.6 Å². The van der Waals surface area contributed by atoms with Crippen molar-refractivity contribution in [2.24, 2.45) is 5.41 Å². The average molecular weight is 481 g/mol. The zero-order valence-electron chi connectivity index (χ0n) is 20.7. The molecule has 1 aromatic carbocycles. The van der Waals surface area contributed by atoms with Crippen LogP contribution in [-0.4, -0.2) is 53.7 Å². The van der Waals surface area contributed by atoms with E-state index in [0.29, 0.717) is 34.8 Å². The van der Waals surface area contributed by atoms with Crippen molar-refractivity contribution in [2.45, 2.75) is 77.3 Å². The van der Waals surface area contributed by atoms with Gasteiger partial charge in [-0.05, 0) is 63.1 Å². The maximum absolute atomic E-state index is 13.1. The topological polar surface area (TPSA) is 108 Å². The summed E-state index contributed by atoms with van der Waals surface area (Å²) in [6, 6.07) is 4.70. The van der Waals surface area contributed by atoms with Crippen molar-refractivity contribution in [1.82, 2.24) is 15.5 Å². The third kappa shape index (κ3) is 5.32. The number of rotatable bonds is 11. The molecule has 0 bridgehead atoms. The van der Waals surface area contributed by atoms with Crippen LogP contribution in [0.3, 0.4) is 0 Å². The Morgan fingerprint density at radius 3 is 2.46 bits per heavy atom. The van der Waals surface area contributed by atoms with Crippen molar-refractivity contribution in [1.29, 1.82) is 0 Å². The third-order valence-corrected chi connectivity index (χ3v) is 7.72. The number of carbonyl (C=O) groups is 4. The number of imide groups is 2. The third-order valence-electron chi connectivity index (χ3n) is 7.72. The van der Waals surface area contributed by atoms with Crippen LogP contribution in [0.5, 0.6) is 0 Å². The maximum Gasteiger partial charge on any atom is 0.264 e. The number of anilines is 1. The highest BCUT2D eigenvalue weighted by Crippen LogP contribution is 2.36. The molecule has 1 aliphatic carbocycles. The van der Waals surface area contributed by atoms with E-state index in [1.165, 1.54) is 0 Å². The van der Waals surface area contributed by atoms with E-state index in [0.717, 1.165) is 50.0 Å². The molecule has 3 N–H and O–H groups in total. The summed E-state index contributed by atoms with van der Waals surface area (Å²) in [5, 5.41) is 9.22. The number of fused-ring (bicyclic) bond motifs is 1. The SMILES string of the molecule is CC(NCCCCCCNc1cccc2c1C(=O)N(C1CCC(=O)NC1=O)C2=O)C1(C)CC=CC1. The molecule has 8 nitrogen and oxygen atoms in total. The van der Waals surface area contributed by atoms with Crippen LogP contribution in [0.25, 0.3) is 0 Å². The molecule has 0 aromatic heterocycles. The first-order valence-electron chi connectivity index (χ1n) is 12.8. The molecule has 3 aliphatic rings. The molecule has 2 unspecified atom stereocenters. The molecule has 1 fully saturated rings. The van der Waals surface area contributed by atoms with Gasteiger partial charge in [-0.25, -0.2) is 0 Å². The first-order valence-corrected chi connectivity index (χ1v) is 12.8. The lowest BCUT2D eigenvalue weighted by atomic mass is 9.81. The van der Waals surface area contributed by atoms with Gasteiger partial charge in [-0.2, -0.15) is 0 Å². The summed E-state index contributed by atoms with van der Waals surface area (Å²) < 4.78 is 0. The lowest BCUT2D eigenvalue weighted by Gasteiger charge is -2.32. The second-order valence-electron chi connectivity index (χ2n) is 10.2. The molecule has 8 heteroatoms. The highest BCUT2D eigenvalue weighted by atomic mass is 16.2. The largest absolute Gasteiger partial charge is 0.384 e. The van der Waals surface area contributed by atoms with Crippen LogP contribution in [-0.2, 0) is 9.59 Å². The van der Waals surface area contributed by atoms with Gasteiger partial charge in [0.25, 0.3) is 11.8 Å². The number of unbranched alkanes of at least 4 members (excludes halogenated alkanes) is 3. The minimum Gasteiger partial charge on any atom is -0.384 e. The minimum absolute atomic E-state index is 0.111. The molecular formula is C27H36N4O4. The van der Waals surface area contributed by atoms with Crippen molar-refractivity contribution < 1.29 is 19.2 Å². The summed E-state index contributed by atoms with van der Waals surface area (Å²) in [7, 11) is 0. The van der Waals surface area contributed by atoms with Gasteiger partial charge in [0.05, 0.1) is 11.1 Å². The van der Waals surface area contributed by atoms with Gasteiger partial charge >= 0.3 is 0 Å². The molecule has 1 aromatic rings. The summed E-state index contributed by atoms with van der Waals surface area (Å²) >= 11 is 0. The van der Waals surface area contributed by atoms with Gasteiger partial charge in [0.15, 0.2) is 0 Å². The van der Waals surface area contributed by atoms with E-state index in [-0.39, 0.29) is 18.7 Å². The van der Waals surface area contributed by atoms with Gasteiger partial charge in [-0.1, -0.05) is 38.0 Å². The average Bonchev–Trinajstić information content (AvgIpc) is 3.39. The quantitative estimate of drug-likeness (QED) is 0.255. The smallest absolute Gasteiger partial charge is 0.264 e. The highest BCUT2D eigenvalue weighted by molar-refractivity contribution is 6.25. The van der Waals surface area contributed by atoms with E-state index in [4.69, 9.17) is 0 Å². The Bertz CT molecular complexity index is 1030. The van der Waals surface area contributed by atoms with Gasteiger partial charge in [0, 0.05) is 24.7 Å². The fraction of sp³-hybridized carbons (Fsp3) is 0.556. The molecule has 0 saturated carbocycles. The number of benzene rings is 1. The summed E-state index contributed by atoms with van der Waals surface area (Å²) in [6.45, 7) is 6.34. The summed E-state index contributed by atoms with van der Waals surface area (Å²) in [5.74, 6) is -1.93. The Kier molecular flexibility index (Phi) is 7.69. The number of carbonyl (C=O) groups excluding carboxylic acids is 4. The van der Waals surface area contributed by atoms with E-state index in [9.17, 15) is 19.2 Å². The van der Waals surface area contributed by atoms with E-state index in [1.807, 2.05) is 0 Å². The van der Waals surface area contributed by atoms with Crippen molar-refractivity contribution in [3.8, 4) is 0 Å². The molecule has 35 heavy (non-hydrogen) atoms. The molecule has 2 aliphatic heterocycles. The Hall–Kier alpha value is -3.00. The fourth-order valence-corrected chi connectivity index (χ4v) is 5.20. The summed E-state index contributed by atoms with van der Waals surface area (Å²) in [5.41, 5.74) is 1.57. The predicted molar refractivity (Wildman–Crippen MR) is 134 cm³/mol. The lowest BCUT2D eigenvalue weighted by molar-refractivity contribution is -0.136. The molecule has 2 atom stereocenters. The van der Waals surface area contributed by atoms with Crippen LogP contribution in [0, 0.1) is 5.41 Å². The lowest BCUT2D eigenvalue weighted by Crippen LogP contribution is -2.54. The van der Waals surface area contributed by atoms with Crippen LogP contribution < -0.4 is 16.0 Å². The van der Waals surface area contributed by atoms with Crippen LogP contribution in [0.1, 0.15) is 85.9 Å². The number of nitrogens with zero attached hydrogens (tertiary/aromatic N) is 1. The van der Waals surface area contributed by atoms with Gasteiger partial charge in [-0.15, -0.1) is 0 Å². The second-order valence-corrected chi connectivity index (χ2v) is 10.2. The molecule has 0 radical (unpaired) electrons. The zero-order chi connectivity index (χ0) is 25.0. The molecule has 0 spiro atoms. The van der Waals surface area contributed by atoms with E-state index in [2.05, 4.69) is 41.9 Å². The standard InChI is InChI=1S/C27H36N4O4/c1-18(27(2)14-5-6-15-27)28-16-7-3-4-8-17-29-20-11-9-10-19-23(20)26(35)31(25(19)34)21-12-13-22(32)30-24(21)33/h5-6,9-11,18,21,28-29H,3-4,7-8,12-17H2,1-2H3,(H,30,32,33). The number of hydrogen-bond donors (Lipinski definition) is 3. The van der Waals surface area contributed by atoms with Crippen molar-refractivity contribution in [3.63, 3.8) is 0 Å². The summed E-state index contributed by atoms with van der Waals surface area (Å²) in [4.78, 5) is 50.8. The molecule has 4 amide bonds. The van der Waals surface area contributed by atoms with Gasteiger partial charge in [0.2, 0.25) is 11.8 Å². The van der Waals surface area contributed by atoms with Crippen LogP contribution in [0.4, 0.5) is 5.69 Å². The zero-order valence-corrected chi connectivity index (χ0v) is 20.7. The van der Waals surface area contributed by atoms with Crippen LogP contribution in [0.15, 0.2) is 30.4 Å². The van der Waals surface area contributed by atoms with Gasteiger partial charge in [-0.3, -0.25) is 29.4 Å². The predicted octanol–water partition coefficient (Wildman–Crippen LogP) is 3.39. The van der Waals surface area contributed by atoms with E-state index >= 15 is 0 Å². The van der Waals surface area contributed by atoms with E-state index < -0.39 is 23.8 Å². The molecule has 188 valence electrons. The Morgan fingerprint density at radius 2 is 1.74 bits per heavy atom. The number of allylic oxidation sites excluding steroid dienone is 2. The Labute approximate surface area is 206 Å². The minimum atomic E-state index is -0.947. The van der Waals surface area contributed by atoms with Crippen LogP contribution >= 0.6 is 0 Å². The molecule has 2 heterocycles. The van der Waals surface area contributed by atoms with Gasteiger partial charge in [0.1, 0.15) is 6.04 Å². The maximum atomic E-state index is 13.1. The Morgan fingerprint density at radius 1 is 1.03 bits per heavy atom. The monoisotopic (exact) mass is 480 g/mol. The first-order chi connectivity index (χ1) is 16.8. The van der Waals surface area contributed by atoms with Crippen molar-refractivity contribution in [3.05, 3.63) is 41.5 Å². The molecule has 4 rings (SSSR count). The Balaban J connectivity index is 1.22. The molecular weight excluding hydrogens is 444 g/mol. The first kappa shape index (κ1) is 25.1. The highest BCUT2D eigenvalue weighted by Gasteiger charge is 2.45. The van der Waals surface area contributed by atoms with Crippen molar-refractivity contribution in [2.75, 3.05) is 18.4 Å².